The summed E-state index contributed by atoms with van der Waals surface area (Å²) in [6.45, 7) is 7.02. The van der Waals surface area contributed by atoms with Crippen LogP contribution in [0.25, 0.3) is 22.2 Å². The maximum atomic E-state index is 14.3. The molecule has 2 aromatic heterocycles. The third-order valence-electron chi connectivity index (χ3n) is 9.88. The predicted octanol–water partition coefficient (Wildman–Crippen LogP) is 5.42. The van der Waals surface area contributed by atoms with Crippen molar-refractivity contribution in [1.82, 2.24) is 23.9 Å². The molecule has 0 radical (unpaired) electrons. The van der Waals surface area contributed by atoms with Crippen molar-refractivity contribution in [3.8, 4) is 0 Å². The molecule has 62 heavy (non-hydrogen) atoms. The number of carbonyl (C=O) groups excluding carboxylic acids is 3. The largest absolute Gasteiger partial charge is 0.419 e. The minimum Gasteiger partial charge on any atom is -0.408 e. The summed E-state index contributed by atoms with van der Waals surface area (Å²) in [7, 11) is -4.84. The lowest BCUT2D eigenvalue weighted by Crippen LogP contribution is -2.59. The summed E-state index contributed by atoms with van der Waals surface area (Å²) in [4.78, 5) is 69.2. The van der Waals surface area contributed by atoms with Crippen molar-refractivity contribution in [2.45, 2.75) is 65.7 Å². The highest BCUT2D eigenvalue weighted by Crippen LogP contribution is 2.25. The van der Waals surface area contributed by atoms with Crippen LogP contribution in [0.1, 0.15) is 38.8 Å². The zero-order valence-corrected chi connectivity index (χ0v) is 34.6. The first kappa shape index (κ1) is 45.0. The number of fused-ring (bicyclic) bond motifs is 2. The molecule has 4 aromatic carbocycles. The van der Waals surface area contributed by atoms with E-state index in [0.29, 0.717) is 23.2 Å². The van der Waals surface area contributed by atoms with Gasteiger partial charge in [-0.1, -0.05) is 4.72 Å². The molecule has 6 aromatic rings. The summed E-state index contributed by atoms with van der Waals surface area (Å²) >= 11 is 0. The zero-order chi connectivity index (χ0) is 45.0. The molecule has 0 saturated heterocycles. The molecular weight excluding hydrogens is 843 g/mol. The van der Waals surface area contributed by atoms with Crippen molar-refractivity contribution in [1.29, 1.82) is 0 Å². The van der Waals surface area contributed by atoms with Gasteiger partial charge in [-0.25, -0.2) is 31.9 Å². The Morgan fingerprint density at radius 1 is 0.661 bits per heavy atom. The number of aryl methyl sites for hydroxylation is 2. The van der Waals surface area contributed by atoms with Gasteiger partial charge in [-0.15, -0.1) is 9.27 Å². The maximum absolute atomic E-state index is 14.3. The number of nitrogens with one attached hydrogen (secondary N) is 3. The van der Waals surface area contributed by atoms with Crippen molar-refractivity contribution in [2.24, 2.45) is 0 Å². The number of oxazole rings is 2. The topological polar surface area (TPSA) is 201 Å². The standard InChI is InChI=1S/C41H41F4N7O9S/c1-5-49(29-9-11-35-33(21-29)51(7-3)40(56)60-35)37(53)31(17-23-13-25(42)19-26(43)14-23)46-39(55)48-62(58,59)47-32(18-24-15-27(44)20-28(45)16-24)38(54)50(6-2)30-10-12-36-34(22-30)52(8-4)41(57)61-36/h9-16,19-22,31-32H,5-8,17-18H2,1-4H3,(H3-,46,47,48,55,58,59)/p+1/t31-,32-/m0/s1. The highest BCUT2D eigenvalue weighted by atomic mass is 32.3. The van der Waals surface area contributed by atoms with E-state index in [1.54, 1.807) is 32.4 Å². The van der Waals surface area contributed by atoms with Crippen molar-refractivity contribution in [2.75, 3.05) is 22.9 Å². The number of rotatable bonds is 16. The molecule has 0 aliphatic heterocycles. The number of aromatic nitrogens is 2. The monoisotopic (exact) mass is 884 g/mol. The zero-order valence-electron chi connectivity index (χ0n) is 33.7. The number of nitrogens with zero attached hydrogens (tertiary/aromatic N) is 4. The summed E-state index contributed by atoms with van der Waals surface area (Å²) in [5.74, 6) is -6.95. The number of anilines is 2. The minimum absolute atomic E-state index is 0.0173. The number of likely N-dealkylation sites (N-methyl/N-ethyl adjacent to an activating group) is 2. The Labute approximate surface area is 351 Å². The van der Waals surface area contributed by atoms with Gasteiger partial charge in [0, 0.05) is 62.5 Å². The van der Waals surface area contributed by atoms with Crippen LogP contribution < -0.4 is 36.1 Å². The van der Waals surface area contributed by atoms with Crippen LogP contribution in [0.5, 0.6) is 0 Å². The van der Waals surface area contributed by atoms with E-state index in [2.05, 4.69) is 10.0 Å². The van der Waals surface area contributed by atoms with Crippen LogP contribution in [0.2, 0.25) is 0 Å². The molecule has 16 nitrogen and oxygen atoms in total. The van der Waals surface area contributed by atoms with Gasteiger partial charge in [-0.2, -0.15) is 0 Å². The summed E-state index contributed by atoms with van der Waals surface area (Å²) in [5, 5.41) is 2.30. The first-order valence-corrected chi connectivity index (χ1v) is 20.9. The Morgan fingerprint density at radius 2 is 1.06 bits per heavy atom. The van der Waals surface area contributed by atoms with Crippen LogP contribution in [-0.4, -0.2) is 56.7 Å². The second-order valence-electron chi connectivity index (χ2n) is 14.0. The Hall–Kier alpha value is -6.58. The van der Waals surface area contributed by atoms with Gasteiger partial charge in [0.05, 0.1) is 11.0 Å². The average Bonchev–Trinajstić information content (AvgIpc) is 3.69. The Balaban J connectivity index is 1.29. The molecule has 21 heteroatoms. The quantitative estimate of drug-likeness (QED) is 0.0724. The van der Waals surface area contributed by atoms with Gasteiger partial charge in [0.15, 0.2) is 11.2 Å². The number of amides is 4. The molecule has 0 saturated carbocycles. The van der Waals surface area contributed by atoms with E-state index >= 15 is 0 Å². The molecule has 4 N–H and O–H groups in total. The summed E-state index contributed by atoms with van der Waals surface area (Å²) < 4.78 is 99.4. The van der Waals surface area contributed by atoms with Gasteiger partial charge in [-0.3, -0.25) is 18.7 Å². The number of benzene rings is 4. The van der Waals surface area contributed by atoms with E-state index < -0.39 is 88.1 Å². The number of hydrogen-bond acceptors (Lipinski definition) is 8. The van der Waals surface area contributed by atoms with Crippen molar-refractivity contribution >= 4 is 62.0 Å². The number of urea groups is 1. The SMILES string of the molecule is CCN(C(=O)[C@H](Cc1cc(F)cc(F)c1)NC(=O)N[S+](=O)(O)N[C@@H](Cc1cc(F)cc(F)c1)C(=O)N(CC)c1ccc2oc(=O)n(CC)c2c1)c1ccc2oc(=O)n(CC)c2c1. The Morgan fingerprint density at radius 3 is 1.47 bits per heavy atom. The lowest BCUT2D eigenvalue weighted by atomic mass is 10.0. The average molecular weight is 885 g/mol. The third-order valence-corrected chi connectivity index (χ3v) is 10.9. The molecule has 0 fully saturated rings. The van der Waals surface area contributed by atoms with Crippen molar-refractivity contribution in [3.05, 3.63) is 128 Å². The first-order chi connectivity index (χ1) is 29.4. The van der Waals surface area contributed by atoms with Crippen LogP contribution in [0, 0.1) is 23.3 Å². The van der Waals surface area contributed by atoms with E-state index in [4.69, 9.17) is 8.83 Å². The molecule has 0 aliphatic carbocycles. The van der Waals surface area contributed by atoms with Crippen molar-refractivity contribution in [3.63, 3.8) is 0 Å². The van der Waals surface area contributed by atoms with Crippen LogP contribution >= 0.6 is 0 Å². The normalized spacial score (nSPS) is 13.4. The fourth-order valence-corrected chi connectivity index (χ4v) is 8.13. The lowest BCUT2D eigenvalue weighted by Gasteiger charge is -2.28. The Bertz CT molecular complexity index is 2800. The van der Waals surface area contributed by atoms with Crippen LogP contribution in [-0.2, 0) is 50.3 Å². The Kier molecular flexibility index (Phi) is 13.5. The van der Waals surface area contributed by atoms with Gasteiger partial charge in [-0.05, 0) is 104 Å². The number of hydrogen-bond donors (Lipinski definition) is 4. The molecule has 0 aliphatic rings. The van der Waals surface area contributed by atoms with Gasteiger partial charge in [0.2, 0.25) is 11.8 Å². The molecule has 2 heterocycles. The third kappa shape index (κ3) is 9.96. The van der Waals surface area contributed by atoms with Gasteiger partial charge < -0.3 is 24.0 Å². The van der Waals surface area contributed by atoms with Gasteiger partial charge in [0.25, 0.3) is 0 Å². The molecular formula is C41H42F4N7O9S+. The summed E-state index contributed by atoms with van der Waals surface area (Å²) in [6.07, 6.45) is -1.10. The predicted molar refractivity (Wildman–Crippen MR) is 222 cm³/mol. The molecule has 0 spiro atoms. The molecule has 328 valence electrons. The number of halogens is 4. The molecule has 0 bridgehead atoms. The summed E-state index contributed by atoms with van der Waals surface area (Å²) in [5.41, 5.74) is 1.47. The molecule has 4 amide bonds. The fraction of sp³-hybridized carbons (Fsp3) is 0.293. The van der Waals surface area contributed by atoms with E-state index in [1.807, 2.05) is 0 Å². The van der Waals surface area contributed by atoms with E-state index in [1.165, 1.54) is 55.3 Å². The van der Waals surface area contributed by atoms with E-state index in [9.17, 15) is 50.3 Å². The molecule has 6 rings (SSSR count). The minimum atomic E-state index is -4.84. The highest BCUT2D eigenvalue weighted by Gasteiger charge is 2.39. The van der Waals surface area contributed by atoms with Crippen LogP contribution in [0.15, 0.2) is 91.2 Å². The smallest absolute Gasteiger partial charge is 0.408 e. The lowest BCUT2D eigenvalue weighted by molar-refractivity contribution is -0.121. The van der Waals surface area contributed by atoms with Crippen LogP contribution in [0.3, 0.4) is 0 Å². The molecule has 1 unspecified atom stereocenters. The number of carbonyl (C=O) groups is 3. The van der Waals surface area contributed by atoms with Gasteiger partial charge in [0.1, 0.15) is 35.4 Å². The second kappa shape index (κ2) is 18.6. The van der Waals surface area contributed by atoms with Crippen LogP contribution in [0.4, 0.5) is 33.7 Å². The van der Waals surface area contributed by atoms with Crippen molar-refractivity contribution < 1.29 is 49.5 Å². The second-order valence-corrected chi connectivity index (χ2v) is 15.5. The van der Waals surface area contributed by atoms with E-state index in [0.717, 1.165) is 24.3 Å². The highest BCUT2D eigenvalue weighted by molar-refractivity contribution is 7.94. The molecule has 3 atom stereocenters. The maximum Gasteiger partial charge on any atom is 0.419 e. The summed E-state index contributed by atoms with van der Waals surface area (Å²) in [6, 6.07) is 8.89. The van der Waals surface area contributed by atoms with E-state index in [-0.39, 0.29) is 59.8 Å². The fourth-order valence-electron chi connectivity index (χ4n) is 7.19. The van der Waals surface area contributed by atoms with Gasteiger partial charge >= 0.3 is 28.1 Å². The first-order valence-electron chi connectivity index (χ1n) is 19.4.